The number of likely N-dealkylation sites (N-methyl/N-ethyl adjacent to an activating group) is 1. The Bertz CT molecular complexity index is 728. The number of benzene rings is 2. The summed E-state index contributed by atoms with van der Waals surface area (Å²) < 4.78 is 6.56. The van der Waals surface area contributed by atoms with E-state index in [0.717, 1.165) is 15.9 Å². The predicted molar refractivity (Wildman–Crippen MR) is 92.2 cm³/mol. The number of fused-ring (bicyclic) bond motifs is 1. The Morgan fingerprint density at radius 3 is 2.55 bits per heavy atom. The molecule has 3 rings (SSSR count). The summed E-state index contributed by atoms with van der Waals surface area (Å²) in [5.41, 5.74) is 1.73. The zero-order chi connectivity index (χ0) is 14.7. The molecule has 0 radical (unpaired) electrons. The van der Waals surface area contributed by atoms with Crippen LogP contribution in [-0.2, 0) is 4.79 Å². The molecule has 2 aromatic carbocycles. The summed E-state index contributed by atoms with van der Waals surface area (Å²) in [6.45, 7) is -0.0226. The van der Waals surface area contributed by atoms with E-state index in [1.807, 2.05) is 54.6 Å². The summed E-state index contributed by atoms with van der Waals surface area (Å²) in [6.07, 6.45) is 0. The van der Waals surface area contributed by atoms with Crippen LogP contribution in [0.15, 0.2) is 54.6 Å². The maximum atomic E-state index is 12.1. The molecule has 0 unspecified atom stereocenters. The average molecular weight is 335 g/mol. The minimum atomic E-state index is -0.111. The van der Waals surface area contributed by atoms with Crippen molar-refractivity contribution in [3.05, 3.63) is 54.6 Å². The van der Waals surface area contributed by atoms with Crippen molar-refractivity contribution in [1.82, 2.24) is 4.98 Å². The second kappa shape index (κ2) is 7.24. The fourth-order valence-electron chi connectivity index (χ4n) is 1.93. The lowest BCUT2D eigenvalue weighted by Gasteiger charge is -2.16. The van der Waals surface area contributed by atoms with Crippen LogP contribution in [0.25, 0.3) is 10.2 Å². The Morgan fingerprint density at radius 2 is 1.82 bits per heavy atom. The molecule has 0 saturated heterocycles. The van der Waals surface area contributed by atoms with E-state index < -0.39 is 0 Å². The molecule has 0 aliphatic heterocycles. The zero-order valence-electron chi connectivity index (χ0n) is 11.9. The number of anilines is 1. The average Bonchev–Trinajstić information content (AvgIpc) is 2.95. The smallest absolute Gasteiger partial charge is 0.274 e. The number of nitrogens with zero attached hydrogens (tertiary/aromatic N) is 2. The van der Waals surface area contributed by atoms with Crippen LogP contribution >= 0.6 is 23.7 Å². The van der Waals surface area contributed by atoms with E-state index in [2.05, 4.69) is 4.98 Å². The Hall–Kier alpha value is -2.11. The van der Waals surface area contributed by atoms with Gasteiger partial charge in [-0.15, -0.1) is 12.4 Å². The summed E-state index contributed by atoms with van der Waals surface area (Å²) in [4.78, 5) is 18.0. The first-order valence-electron chi connectivity index (χ1n) is 6.54. The van der Waals surface area contributed by atoms with E-state index >= 15 is 0 Å². The number of ether oxygens (including phenoxy) is 1. The largest absolute Gasteiger partial charge is 0.460 e. The van der Waals surface area contributed by atoms with Gasteiger partial charge in [0.1, 0.15) is 0 Å². The van der Waals surface area contributed by atoms with Gasteiger partial charge in [0.05, 0.1) is 10.2 Å². The molecular formula is C16H15ClN2O2S. The van der Waals surface area contributed by atoms with E-state index in [0.29, 0.717) is 5.19 Å². The molecule has 0 spiro atoms. The van der Waals surface area contributed by atoms with Crippen LogP contribution in [0, 0.1) is 0 Å². The molecule has 0 N–H and O–H groups in total. The highest BCUT2D eigenvalue weighted by Gasteiger charge is 2.12. The van der Waals surface area contributed by atoms with Gasteiger partial charge in [-0.3, -0.25) is 4.79 Å². The maximum Gasteiger partial charge on any atom is 0.274 e. The van der Waals surface area contributed by atoms with Crippen molar-refractivity contribution in [3.63, 3.8) is 0 Å². The number of rotatable bonds is 4. The van der Waals surface area contributed by atoms with Crippen LogP contribution in [0.4, 0.5) is 5.69 Å². The third-order valence-corrected chi connectivity index (χ3v) is 4.06. The van der Waals surface area contributed by atoms with Crippen molar-refractivity contribution in [2.45, 2.75) is 0 Å². The minimum absolute atomic E-state index is 0. The highest BCUT2D eigenvalue weighted by atomic mass is 35.5. The van der Waals surface area contributed by atoms with Gasteiger partial charge >= 0.3 is 0 Å². The molecular weight excluding hydrogens is 320 g/mol. The van der Waals surface area contributed by atoms with Crippen molar-refractivity contribution in [2.75, 3.05) is 18.6 Å². The first kappa shape index (κ1) is 16.3. The second-order valence-corrected chi connectivity index (χ2v) is 5.52. The minimum Gasteiger partial charge on any atom is -0.460 e. The topological polar surface area (TPSA) is 42.4 Å². The van der Waals surface area contributed by atoms with Gasteiger partial charge in [0.2, 0.25) is 0 Å². The van der Waals surface area contributed by atoms with E-state index in [4.69, 9.17) is 4.74 Å². The van der Waals surface area contributed by atoms with E-state index in [1.54, 1.807) is 11.9 Å². The first-order valence-corrected chi connectivity index (χ1v) is 7.35. The summed E-state index contributed by atoms with van der Waals surface area (Å²) >= 11 is 1.44. The summed E-state index contributed by atoms with van der Waals surface area (Å²) in [5.74, 6) is -0.111. The molecule has 0 aliphatic rings. The van der Waals surface area contributed by atoms with Crippen LogP contribution in [0.5, 0.6) is 5.19 Å². The van der Waals surface area contributed by atoms with Gasteiger partial charge in [0.25, 0.3) is 11.1 Å². The van der Waals surface area contributed by atoms with Gasteiger partial charge < -0.3 is 9.64 Å². The molecule has 1 amide bonds. The third-order valence-electron chi connectivity index (χ3n) is 3.11. The number of hydrogen-bond donors (Lipinski definition) is 0. The molecule has 0 bridgehead atoms. The maximum absolute atomic E-state index is 12.1. The van der Waals surface area contributed by atoms with Gasteiger partial charge in [-0.05, 0) is 24.3 Å². The molecule has 1 heterocycles. The molecule has 0 saturated carbocycles. The van der Waals surface area contributed by atoms with Crippen molar-refractivity contribution < 1.29 is 9.53 Å². The van der Waals surface area contributed by atoms with Crippen molar-refractivity contribution in [1.29, 1.82) is 0 Å². The van der Waals surface area contributed by atoms with Gasteiger partial charge in [0.15, 0.2) is 6.61 Å². The summed E-state index contributed by atoms with van der Waals surface area (Å²) in [7, 11) is 1.74. The van der Waals surface area contributed by atoms with Gasteiger partial charge in [0, 0.05) is 12.7 Å². The molecule has 0 atom stereocenters. The molecule has 114 valence electrons. The quantitative estimate of drug-likeness (QED) is 0.729. The molecule has 22 heavy (non-hydrogen) atoms. The lowest BCUT2D eigenvalue weighted by atomic mass is 10.3. The van der Waals surface area contributed by atoms with Crippen LogP contribution < -0.4 is 9.64 Å². The van der Waals surface area contributed by atoms with E-state index in [-0.39, 0.29) is 24.9 Å². The van der Waals surface area contributed by atoms with Gasteiger partial charge in [-0.1, -0.05) is 41.7 Å². The van der Waals surface area contributed by atoms with E-state index in [1.165, 1.54) is 11.3 Å². The van der Waals surface area contributed by atoms with Crippen LogP contribution in [0.2, 0.25) is 0 Å². The zero-order valence-corrected chi connectivity index (χ0v) is 13.6. The lowest BCUT2D eigenvalue weighted by Crippen LogP contribution is -2.31. The SMILES string of the molecule is CN(C(=O)COc1nc2ccccc2s1)c1ccccc1.Cl. The number of carbonyl (C=O) groups excluding carboxylic acids is 1. The van der Waals surface area contributed by atoms with Crippen molar-refractivity contribution in [3.8, 4) is 5.19 Å². The third kappa shape index (κ3) is 3.55. The van der Waals surface area contributed by atoms with Crippen LogP contribution in [0.1, 0.15) is 0 Å². The molecule has 6 heteroatoms. The molecule has 1 aromatic heterocycles. The normalized spacial score (nSPS) is 10.0. The number of aromatic nitrogens is 1. The number of amides is 1. The Kier molecular flexibility index (Phi) is 5.35. The molecule has 0 fully saturated rings. The highest BCUT2D eigenvalue weighted by Crippen LogP contribution is 2.27. The number of thiazole rings is 1. The number of carbonyl (C=O) groups is 1. The molecule has 0 aliphatic carbocycles. The Labute approximate surface area is 138 Å². The molecule has 3 aromatic rings. The Morgan fingerprint density at radius 1 is 1.14 bits per heavy atom. The van der Waals surface area contributed by atoms with E-state index in [9.17, 15) is 4.79 Å². The summed E-state index contributed by atoms with van der Waals surface area (Å²) in [6, 6.07) is 17.3. The monoisotopic (exact) mass is 334 g/mol. The lowest BCUT2D eigenvalue weighted by molar-refractivity contribution is -0.120. The van der Waals surface area contributed by atoms with Crippen LogP contribution in [0.3, 0.4) is 0 Å². The second-order valence-electron chi connectivity index (χ2n) is 4.52. The number of hydrogen-bond acceptors (Lipinski definition) is 4. The van der Waals surface area contributed by atoms with Crippen molar-refractivity contribution in [2.24, 2.45) is 0 Å². The first-order chi connectivity index (χ1) is 10.2. The van der Waals surface area contributed by atoms with Crippen molar-refractivity contribution >= 4 is 45.6 Å². The van der Waals surface area contributed by atoms with Crippen LogP contribution in [-0.4, -0.2) is 24.5 Å². The fourth-order valence-corrected chi connectivity index (χ4v) is 2.74. The Balaban J connectivity index is 0.00000176. The van der Waals surface area contributed by atoms with Gasteiger partial charge in [-0.2, -0.15) is 0 Å². The highest BCUT2D eigenvalue weighted by molar-refractivity contribution is 7.20. The predicted octanol–water partition coefficient (Wildman–Crippen LogP) is 3.76. The number of para-hydroxylation sites is 2. The number of halogens is 1. The molecule has 4 nitrogen and oxygen atoms in total. The summed E-state index contributed by atoms with van der Waals surface area (Å²) in [5, 5.41) is 0.519. The van der Waals surface area contributed by atoms with Gasteiger partial charge in [-0.25, -0.2) is 4.98 Å². The standard InChI is InChI=1S/C16H14N2O2S.ClH/c1-18(12-7-3-2-4-8-12)15(19)11-20-16-17-13-9-5-6-10-14(13)21-16;/h2-10H,11H2,1H3;1H. The fraction of sp³-hybridized carbons (Fsp3) is 0.125.